The van der Waals surface area contributed by atoms with Gasteiger partial charge in [0.15, 0.2) is 0 Å². The molecule has 0 aliphatic carbocycles. The van der Waals surface area contributed by atoms with Crippen LogP contribution in [0.25, 0.3) is 0 Å². The predicted octanol–water partition coefficient (Wildman–Crippen LogP) is 3.53. The van der Waals surface area contributed by atoms with Gasteiger partial charge in [0.05, 0.1) is 0 Å². The average Bonchev–Trinajstić information content (AvgIpc) is 2.26. The van der Waals surface area contributed by atoms with Crippen molar-refractivity contribution in [1.82, 2.24) is 4.90 Å². The Hall–Kier alpha value is -0.570. The summed E-state index contributed by atoms with van der Waals surface area (Å²) in [6.07, 6.45) is 6.29. The third-order valence-electron chi connectivity index (χ3n) is 3.20. The van der Waals surface area contributed by atoms with Gasteiger partial charge in [-0.3, -0.25) is 9.69 Å². The molecule has 0 rings (SSSR count). The van der Waals surface area contributed by atoms with Crippen LogP contribution in [-0.2, 0) is 4.79 Å². The lowest BCUT2D eigenvalue weighted by Crippen LogP contribution is -2.45. The Labute approximate surface area is 106 Å². The predicted molar refractivity (Wildman–Crippen MR) is 72.3 cm³/mol. The molecule has 0 radical (unpaired) electrons. The molecule has 0 heterocycles. The van der Waals surface area contributed by atoms with Crippen molar-refractivity contribution in [3.8, 4) is 0 Å². The minimum Gasteiger partial charge on any atom is -0.480 e. The van der Waals surface area contributed by atoms with Crippen LogP contribution in [0, 0.1) is 0 Å². The van der Waals surface area contributed by atoms with Crippen LogP contribution in [0.15, 0.2) is 0 Å². The van der Waals surface area contributed by atoms with Crippen molar-refractivity contribution in [3.05, 3.63) is 0 Å². The second kappa shape index (κ2) is 9.46. The van der Waals surface area contributed by atoms with E-state index in [2.05, 4.69) is 32.6 Å². The first kappa shape index (κ1) is 16.4. The van der Waals surface area contributed by atoms with Crippen molar-refractivity contribution in [2.45, 2.75) is 78.3 Å². The fourth-order valence-corrected chi connectivity index (χ4v) is 2.15. The monoisotopic (exact) mass is 243 g/mol. The molecule has 0 amide bonds. The van der Waals surface area contributed by atoms with Gasteiger partial charge in [-0.25, -0.2) is 0 Å². The zero-order chi connectivity index (χ0) is 13.3. The molecule has 3 nitrogen and oxygen atoms in total. The summed E-state index contributed by atoms with van der Waals surface area (Å²) in [5, 5.41) is 9.33. The number of carboxylic acids is 1. The van der Waals surface area contributed by atoms with Crippen LogP contribution in [0.4, 0.5) is 0 Å². The second-order valence-corrected chi connectivity index (χ2v) is 5.03. The maximum absolute atomic E-state index is 11.3. The number of unbranched alkanes of at least 4 members (excludes halogenated alkanes) is 3. The highest BCUT2D eigenvalue weighted by Crippen LogP contribution is 2.14. The number of rotatable bonds is 10. The Morgan fingerprint density at radius 3 is 2.12 bits per heavy atom. The largest absolute Gasteiger partial charge is 0.480 e. The lowest BCUT2D eigenvalue weighted by molar-refractivity contribution is -0.144. The van der Waals surface area contributed by atoms with E-state index in [4.69, 9.17) is 0 Å². The standard InChI is InChI=1S/C14H29NO2/c1-5-7-9-11-15(12(3)4)13(14(16)17)10-8-6-2/h12-13H,5-11H2,1-4H3,(H,16,17). The molecule has 3 heteroatoms. The molecule has 0 bridgehead atoms. The summed E-state index contributed by atoms with van der Waals surface area (Å²) in [5.74, 6) is -0.663. The van der Waals surface area contributed by atoms with Gasteiger partial charge in [0.25, 0.3) is 0 Å². The van der Waals surface area contributed by atoms with Crippen molar-refractivity contribution in [2.75, 3.05) is 6.54 Å². The zero-order valence-corrected chi connectivity index (χ0v) is 11.9. The summed E-state index contributed by atoms with van der Waals surface area (Å²) in [6, 6.07) is 0.0108. The normalized spacial score (nSPS) is 13.3. The van der Waals surface area contributed by atoms with Crippen LogP contribution >= 0.6 is 0 Å². The molecule has 0 aromatic rings. The first-order valence-electron chi connectivity index (χ1n) is 7.03. The highest BCUT2D eigenvalue weighted by molar-refractivity contribution is 5.73. The van der Waals surface area contributed by atoms with E-state index in [1.165, 1.54) is 12.8 Å². The maximum atomic E-state index is 11.3. The molecular formula is C14H29NO2. The van der Waals surface area contributed by atoms with Gasteiger partial charge in [-0.05, 0) is 33.2 Å². The van der Waals surface area contributed by atoms with Crippen LogP contribution in [-0.4, -0.2) is 34.6 Å². The average molecular weight is 243 g/mol. The molecule has 0 saturated heterocycles. The quantitative estimate of drug-likeness (QED) is 0.597. The third-order valence-corrected chi connectivity index (χ3v) is 3.20. The van der Waals surface area contributed by atoms with Crippen molar-refractivity contribution in [3.63, 3.8) is 0 Å². The van der Waals surface area contributed by atoms with Crippen LogP contribution in [0.5, 0.6) is 0 Å². The smallest absolute Gasteiger partial charge is 0.320 e. The van der Waals surface area contributed by atoms with Gasteiger partial charge in [0.1, 0.15) is 6.04 Å². The molecule has 0 saturated carbocycles. The second-order valence-electron chi connectivity index (χ2n) is 5.03. The van der Waals surface area contributed by atoms with E-state index in [9.17, 15) is 9.90 Å². The van der Waals surface area contributed by atoms with E-state index >= 15 is 0 Å². The van der Waals surface area contributed by atoms with Crippen LogP contribution < -0.4 is 0 Å². The number of carbonyl (C=O) groups is 1. The van der Waals surface area contributed by atoms with Crippen molar-refractivity contribution >= 4 is 5.97 Å². The Kier molecular flexibility index (Phi) is 9.14. The van der Waals surface area contributed by atoms with Gasteiger partial charge < -0.3 is 5.11 Å². The Morgan fingerprint density at radius 2 is 1.71 bits per heavy atom. The van der Waals surface area contributed by atoms with E-state index in [0.29, 0.717) is 6.04 Å². The topological polar surface area (TPSA) is 40.5 Å². The highest BCUT2D eigenvalue weighted by atomic mass is 16.4. The van der Waals surface area contributed by atoms with Crippen LogP contribution in [0.2, 0.25) is 0 Å². The number of nitrogens with zero attached hydrogens (tertiary/aromatic N) is 1. The van der Waals surface area contributed by atoms with Crippen LogP contribution in [0.1, 0.15) is 66.2 Å². The first-order chi connectivity index (χ1) is 8.04. The molecule has 0 aromatic carbocycles. The lowest BCUT2D eigenvalue weighted by atomic mass is 10.1. The summed E-state index contributed by atoms with van der Waals surface area (Å²) in [5.41, 5.74) is 0. The number of hydrogen-bond donors (Lipinski definition) is 1. The van der Waals surface area contributed by atoms with Crippen molar-refractivity contribution in [1.29, 1.82) is 0 Å². The number of carboxylic acid groups (broad SMARTS) is 1. The molecule has 1 N–H and O–H groups in total. The van der Waals surface area contributed by atoms with Gasteiger partial charge in [0.2, 0.25) is 0 Å². The van der Waals surface area contributed by atoms with Crippen molar-refractivity contribution in [2.24, 2.45) is 0 Å². The van der Waals surface area contributed by atoms with Crippen LogP contribution in [0.3, 0.4) is 0 Å². The number of aliphatic carboxylic acids is 1. The summed E-state index contributed by atoms with van der Waals surface area (Å²) in [7, 11) is 0. The summed E-state index contributed by atoms with van der Waals surface area (Å²) in [6.45, 7) is 9.37. The molecular weight excluding hydrogens is 214 g/mol. The van der Waals surface area contributed by atoms with E-state index in [1.54, 1.807) is 0 Å². The van der Waals surface area contributed by atoms with Gasteiger partial charge in [0, 0.05) is 6.04 Å². The summed E-state index contributed by atoms with van der Waals surface area (Å²) < 4.78 is 0. The summed E-state index contributed by atoms with van der Waals surface area (Å²) >= 11 is 0. The molecule has 102 valence electrons. The summed E-state index contributed by atoms with van der Waals surface area (Å²) in [4.78, 5) is 13.5. The molecule has 0 spiro atoms. The SMILES string of the molecule is CCCCCN(C(C)C)C(CCCC)C(=O)O. The fourth-order valence-electron chi connectivity index (χ4n) is 2.15. The van der Waals surface area contributed by atoms with E-state index in [1.807, 2.05) is 0 Å². The molecule has 0 aliphatic heterocycles. The zero-order valence-electron chi connectivity index (χ0n) is 11.9. The molecule has 0 aliphatic rings. The molecule has 1 unspecified atom stereocenters. The van der Waals surface area contributed by atoms with Gasteiger partial charge in [-0.15, -0.1) is 0 Å². The fraction of sp³-hybridized carbons (Fsp3) is 0.929. The molecule has 1 atom stereocenters. The minimum absolute atomic E-state index is 0.299. The maximum Gasteiger partial charge on any atom is 0.320 e. The van der Waals surface area contributed by atoms with Gasteiger partial charge in [-0.1, -0.05) is 39.5 Å². The van der Waals surface area contributed by atoms with Gasteiger partial charge >= 0.3 is 5.97 Å². The molecule has 17 heavy (non-hydrogen) atoms. The first-order valence-corrected chi connectivity index (χ1v) is 7.03. The molecule has 0 fully saturated rings. The van der Waals surface area contributed by atoms with E-state index < -0.39 is 5.97 Å². The van der Waals surface area contributed by atoms with E-state index in [-0.39, 0.29) is 6.04 Å². The minimum atomic E-state index is -0.663. The lowest BCUT2D eigenvalue weighted by Gasteiger charge is -2.32. The Morgan fingerprint density at radius 1 is 1.12 bits per heavy atom. The molecule has 0 aromatic heterocycles. The van der Waals surface area contributed by atoms with Crippen molar-refractivity contribution < 1.29 is 9.90 Å². The Bertz CT molecular complexity index is 204. The highest BCUT2D eigenvalue weighted by Gasteiger charge is 2.26. The van der Waals surface area contributed by atoms with Gasteiger partial charge in [-0.2, -0.15) is 0 Å². The number of hydrogen-bond acceptors (Lipinski definition) is 2. The van der Waals surface area contributed by atoms with E-state index in [0.717, 1.165) is 32.2 Å². The Balaban J connectivity index is 4.42. The third kappa shape index (κ3) is 6.67.